The second kappa shape index (κ2) is 6.77. The lowest BCUT2D eigenvalue weighted by Crippen LogP contribution is -2.13. The van der Waals surface area contributed by atoms with Crippen LogP contribution in [0.5, 0.6) is 0 Å². The van der Waals surface area contributed by atoms with Crippen molar-refractivity contribution < 1.29 is 9.18 Å². The highest BCUT2D eigenvalue weighted by molar-refractivity contribution is 6.34. The van der Waals surface area contributed by atoms with E-state index in [9.17, 15) is 9.18 Å². The molecule has 0 aliphatic heterocycles. The molecule has 8 heteroatoms. The van der Waals surface area contributed by atoms with Crippen LogP contribution in [0.3, 0.4) is 0 Å². The average Bonchev–Trinajstić information content (AvgIpc) is 3.08. The largest absolute Gasteiger partial charge is 0.322 e. The Morgan fingerprint density at radius 3 is 2.81 bits per heavy atom. The van der Waals surface area contributed by atoms with Crippen LogP contribution in [0, 0.1) is 12.7 Å². The van der Waals surface area contributed by atoms with Gasteiger partial charge in [-0.2, -0.15) is 4.68 Å². The van der Waals surface area contributed by atoms with Gasteiger partial charge in [0, 0.05) is 11.9 Å². The van der Waals surface area contributed by atoms with Crippen molar-refractivity contribution in [2.24, 2.45) is 0 Å². The molecule has 0 spiro atoms. The van der Waals surface area contributed by atoms with Gasteiger partial charge in [0.05, 0.1) is 16.3 Å². The summed E-state index contributed by atoms with van der Waals surface area (Å²) in [6.07, 6.45) is 1.65. The molecule has 4 rings (SSSR count). The van der Waals surface area contributed by atoms with Gasteiger partial charge in [0.2, 0.25) is 0 Å². The third kappa shape index (κ3) is 3.24. The lowest BCUT2D eigenvalue weighted by atomic mass is 10.1. The van der Waals surface area contributed by atoms with Gasteiger partial charge < -0.3 is 5.32 Å². The van der Waals surface area contributed by atoms with E-state index >= 15 is 0 Å². The number of carbonyl (C=O) groups excluding carboxylic acids is 1. The molecule has 6 nitrogen and oxygen atoms in total. The van der Waals surface area contributed by atoms with Crippen molar-refractivity contribution in [1.29, 1.82) is 0 Å². The fourth-order valence-corrected chi connectivity index (χ4v) is 2.89. The Morgan fingerprint density at radius 1 is 1.19 bits per heavy atom. The van der Waals surface area contributed by atoms with E-state index in [1.165, 1.54) is 10.7 Å². The standard InChI is InChI=1S/C19H13ClFN5O/c1-11-4-5-12(9-16(11)21)23-19(27)14-7-6-13(10-15(14)20)26-18-17(24-25-26)3-2-8-22-18/h2-10H,1H3,(H,23,27). The first-order valence-corrected chi connectivity index (χ1v) is 8.44. The molecule has 1 N–H and O–H groups in total. The van der Waals surface area contributed by atoms with Crippen LogP contribution in [0.1, 0.15) is 15.9 Å². The Balaban J connectivity index is 1.63. The van der Waals surface area contributed by atoms with Gasteiger partial charge in [-0.05, 0) is 55.0 Å². The van der Waals surface area contributed by atoms with Gasteiger partial charge in [-0.25, -0.2) is 9.37 Å². The Morgan fingerprint density at radius 2 is 2.04 bits per heavy atom. The molecule has 0 radical (unpaired) electrons. The van der Waals surface area contributed by atoms with Crippen molar-refractivity contribution in [3.63, 3.8) is 0 Å². The molecule has 2 aromatic heterocycles. The summed E-state index contributed by atoms with van der Waals surface area (Å²) >= 11 is 6.30. The van der Waals surface area contributed by atoms with Crippen molar-refractivity contribution >= 4 is 34.4 Å². The van der Waals surface area contributed by atoms with Gasteiger partial charge in [-0.3, -0.25) is 4.79 Å². The average molecular weight is 382 g/mol. The third-order valence-corrected chi connectivity index (χ3v) is 4.39. The van der Waals surface area contributed by atoms with E-state index in [0.717, 1.165) is 0 Å². The highest BCUT2D eigenvalue weighted by Crippen LogP contribution is 2.23. The molecule has 0 saturated heterocycles. The minimum Gasteiger partial charge on any atom is -0.322 e. The quantitative estimate of drug-likeness (QED) is 0.578. The van der Waals surface area contributed by atoms with Gasteiger partial charge >= 0.3 is 0 Å². The zero-order valence-electron chi connectivity index (χ0n) is 14.1. The lowest BCUT2D eigenvalue weighted by molar-refractivity contribution is 0.102. The number of aromatic nitrogens is 4. The summed E-state index contributed by atoms with van der Waals surface area (Å²) in [5, 5.41) is 11.0. The predicted octanol–water partition coefficient (Wildman–Crippen LogP) is 4.17. The molecule has 0 aliphatic carbocycles. The van der Waals surface area contributed by atoms with Gasteiger partial charge in [-0.1, -0.05) is 22.9 Å². The second-order valence-electron chi connectivity index (χ2n) is 5.93. The predicted molar refractivity (Wildman–Crippen MR) is 101 cm³/mol. The van der Waals surface area contributed by atoms with E-state index < -0.39 is 5.91 Å². The molecule has 2 aromatic carbocycles. The summed E-state index contributed by atoms with van der Waals surface area (Å²) < 4.78 is 15.2. The number of nitrogens with zero attached hydrogens (tertiary/aromatic N) is 4. The normalized spacial score (nSPS) is 10.9. The molecular formula is C19H13ClFN5O. The molecule has 0 bridgehead atoms. The molecule has 0 fully saturated rings. The topological polar surface area (TPSA) is 72.7 Å². The van der Waals surface area contributed by atoms with Gasteiger partial charge in [-0.15, -0.1) is 5.10 Å². The number of nitrogens with one attached hydrogen (secondary N) is 1. The van der Waals surface area contributed by atoms with Crippen molar-refractivity contribution in [2.45, 2.75) is 6.92 Å². The van der Waals surface area contributed by atoms with Crippen LogP contribution in [0.25, 0.3) is 16.9 Å². The molecule has 1 amide bonds. The number of fused-ring (bicyclic) bond motifs is 1. The summed E-state index contributed by atoms with van der Waals surface area (Å²) in [4.78, 5) is 16.7. The molecular weight excluding hydrogens is 369 g/mol. The zero-order chi connectivity index (χ0) is 19.0. The van der Waals surface area contributed by atoms with Gasteiger partial charge in [0.1, 0.15) is 11.3 Å². The highest BCUT2D eigenvalue weighted by Gasteiger charge is 2.14. The summed E-state index contributed by atoms with van der Waals surface area (Å²) in [6, 6.07) is 12.9. The Kier molecular flexibility index (Phi) is 4.29. The maximum absolute atomic E-state index is 13.7. The first kappa shape index (κ1) is 17.1. The summed E-state index contributed by atoms with van der Waals surface area (Å²) in [6.45, 7) is 1.65. The van der Waals surface area contributed by atoms with Crippen molar-refractivity contribution in [3.05, 3.63) is 76.7 Å². The van der Waals surface area contributed by atoms with E-state index in [0.29, 0.717) is 28.1 Å². The van der Waals surface area contributed by atoms with Crippen LogP contribution in [-0.2, 0) is 0 Å². The number of benzene rings is 2. The van der Waals surface area contributed by atoms with Gasteiger partial charge in [0.15, 0.2) is 5.65 Å². The van der Waals surface area contributed by atoms with Crippen molar-refractivity contribution in [1.82, 2.24) is 20.0 Å². The van der Waals surface area contributed by atoms with Crippen LogP contribution >= 0.6 is 11.6 Å². The number of rotatable bonds is 3. The summed E-state index contributed by atoms with van der Waals surface area (Å²) in [7, 11) is 0. The first-order chi connectivity index (χ1) is 13.0. The Bertz CT molecular complexity index is 1170. The molecule has 2 heterocycles. The van der Waals surface area contributed by atoms with Crippen LogP contribution in [0.2, 0.25) is 5.02 Å². The van der Waals surface area contributed by atoms with E-state index in [1.807, 2.05) is 0 Å². The SMILES string of the molecule is Cc1ccc(NC(=O)c2ccc(-n3nnc4cccnc43)cc2Cl)cc1F. The molecule has 0 atom stereocenters. The fourth-order valence-electron chi connectivity index (χ4n) is 2.63. The van der Waals surface area contributed by atoms with Crippen LogP contribution in [0.4, 0.5) is 10.1 Å². The first-order valence-electron chi connectivity index (χ1n) is 8.07. The number of aryl methyl sites for hydroxylation is 1. The summed E-state index contributed by atoms with van der Waals surface area (Å²) in [5.41, 5.74) is 2.98. The number of pyridine rings is 1. The van der Waals surface area contributed by atoms with E-state index in [1.54, 1.807) is 55.6 Å². The molecule has 27 heavy (non-hydrogen) atoms. The number of halogens is 2. The van der Waals surface area contributed by atoms with Crippen molar-refractivity contribution in [2.75, 3.05) is 5.32 Å². The lowest BCUT2D eigenvalue weighted by Gasteiger charge is -2.09. The molecule has 0 aliphatic rings. The minimum atomic E-state index is -0.434. The Labute approximate surface area is 158 Å². The second-order valence-corrected chi connectivity index (χ2v) is 6.34. The maximum atomic E-state index is 13.7. The van der Waals surface area contributed by atoms with E-state index in [2.05, 4.69) is 20.6 Å². The highest BCUT2D eigenvalue weighted by atomic mass is 35.5. The maximum Gasteiger partial charge on any atom is 0.257 e. The number of anilines is 1. The monoisotopic (exact) mass is 381 g/mol. The van der Waals surface area contributed by atoms with Gasteiger partial charge in [0.25, 0.3) is 5.91 Å². The molecule has 0 unspecified atom stereocenters. The third-order valence-electron chi connectivity index (χ3n) is 4.08. The molecule has 134 valence electrons. The number of hydrogen-bond acceptors (Lipinski definition) is 4. The summed E-state index contributed by atoms with van der Waals surface area (Å²) in [5.74, 6) is -0.823. The van der Waals surface area contributed by atoms with Crippen LogP contribution in [0.15, 0.2) is 54.7 Å². The minimum absolute atomic E-state index is 0.233. The number of hydrogen-bond donors (Lipinski definition) is 1. The van der Waals surface area contributed by atoms with E-state index in [-0.39, 0.29) is 16.4 Å². The Hall–Kier alpha value is -3.32. The smallest absolute Gasteiger partial charge is 0.257 e. The number of amides is 1. The number of carbonyl (C=O) groups is 1. The molecule has 4 aromatic rings. The van der Waals surface area contributed by atoms with E-state index in [4.69, 9.17) is 11.6 Å². The van der Waals surface area contributed by atoms with Crippen molar-refractivity contribution in [3.8, 4) is 5.69 Å². The zero-order valence-corrected chi connectivity index (χ0v) is 14.9. The van der Waals surface area contributed by atoms with Crippen LogP contribution < -0.4 is 5.32 Å². The fraction of sp³-hybridized carbons (Fsp3) is 0.0526. The van der Waals surface area contributed by atoms with Crippen LogP contribution in [-0.4, -0.2) is 25.9 Å². The molecule has 0 saturated carbocycles.